The average Bonchev–Trinajstić information content (AvgIpc) is 4.06. The summed E-state index contributed by atoms with van der Waals surface area (Å²) in [5.74, 6) is -4.02. The van der Waals surface area contributed by atoms with Crippen molar-refractivity contribution in [2.24, 2.45) is 11.3 Å². The van der Waals surface area contributed by atoms with Crippen LogP contribution in [0.25, 0.3) is 28.4 Å². The van der Waals surface area contributed by atoms with Crippen LogP contribution in [0.2, 0.25) is 0 Å². The van der Waals surface area contributed by atoms with E-state index in [4.69, 9.17) is 19.7 Å². The second-order valence-corrected chi connectivity index (χ2v) is 19.1. The number of aryl methyl sites for hydroxylation is 1. The molecule has 13 nitrogen and oxygen atoms in total. The van der Waals surface area contributed by atoms with E-state index in [-0.39, 0.29) is 18.8 Å². The van der Waals surface area contributed by atoms with Gasteiger partial charge in [0.05, 0.1) is 34.4 Å². The van der Waals surface area contributed by atoms with Crippen LogP contribution in [-0.2, 0) is 30.8 Å². The number of carbonyl (C=O) groups excluding carboxylic acids is 3. The zero-order valence-electron chi connectivity index (χ0n) is 31.6. The van der Waals surface area contributed by atoms with Crippen molar-refractivity contribution in [3.05, 3.63) is 71.2 Å². The smallest absolute Gasteiger partial charge is 0.259 e. The van der Waals surface area contributed by atoms with Gasteiger partial charge in [-0.25, -0.2) is 32.2 Å². The fourth-order valence-corrected chi connectivity index (χ4v) is 9.63. The first-order valence-corrected chi connectivity index (χ1v) is 21.4. The number of allylic oxidation sites excluding steroid dienone is 1. The SMILES string of the molecule is CC(C)(C)[C@@H]1Nc2nc(cs2)CCC=Cc2cccc(c2)-c2nc3ccccc3nc2OC2C[C@@H](C(=O)N[C@]3(C(=O)NS(=O)(=O)C4CC4)C[C@H]3C(F)F)N(C2)C1=O. The number of alkyl halides is 2. The first-order chi connectivity index (χ1) is 27.1. The van der Waals surface area contributed by atoms with E-state index in [1.165, 1.54) is 16.2 Å². The zero-order valence-corrected chi connectivity index (χ0v) is 33.2. The molecule has 2 saturated carbocycles. The third-order valence-electron chi connectivity index (χ3n) is 10.9. The van der Waals surface area contributed by atoms with Gasteiger partial charge < -0.3 is 20.3 Å². The highest BCUT2D eigenvalue weighted by molar-refractivity contribution is 7.91. The summed E-state index contributed by atoms with van der Waals surface area (Å²) in [7, 11) is -4.11. The summed E-state index contributed by atoms with van der Waals surface area (Å²) >= 11 is 1.36. The molecule has 0 radical (unpaired) electrons. The first kappa shape index (κ1) is 38.8. The van der Waals surface area contributed by atoms with Gasteiger partial charge in [-0.1, -0.05) is 63.3 Å². The van der Waals surface area contributed by atoms with Crippen molar-refractivity contribution in [3.63, 3.8) is 0 Å². The largest absolute Gasteiger partial charge is 0.471 e. The number of rotatable bonds is 6. The Kier molecular flexibility index (Phi) is 10.0. The molecule has 4 aliphatic rings. The number of anilines is 1. The molecule has 4 aromatic rings. The van der Waals surface area contributed by atoms with Gasteiger partial charge in [-0.2, -0.15) is 0 Å². The molecule has 2 aromatic carbocycles. The third kappa shape index (κ3) is 7.95. The van der Waals surface area contributed by atoms with Gasteiger partial charge in [0.25, 0.3) is 5.91 Å². The van der Waals surface area contributed by atoms with Gasteiger partial charge in [0.2, 0.25) is 34.1 Å². The number of fused-ring (bicyclic) bond motifs is 9. The van der Waals surface area contributed by atoms with Gasteiger partial charge in [-0.15, -0.1) is 11.3 Å². The maximum absolute atomic E-state index is 14.8. The number of nitrogens with one attached hydrogen (secondary N) is 3. The summed E-state index contributed by atoms with van der Waals surface area (Å²) in [4.78, 5) is 58.6. The van der Waals surface area contributed by atoms with Crippen LogP contribution in [-0.4, -0.2) is 87.9 Å². The molecule has 1 unspecified atom stereocenters. The Bertz CT molecular complexity index is 2380. The molecule has 300 valence electrons. The monoisotopic (exact) mass is 819 g/mol. The Labute approximate surface area is 332 Å². The molecule has 1 saturated heterocycles. The summed E-state index contributed by atoms with van der Waals surface area (Å²) in [5, 5.41) is 7.45. The lowest BCUT2D eigenvalue weighted by Crippen LogP contribution is -2.59. The number of hydrogen-bond donors (Lipinski definition) is 3. The maximum atomic E-state index is 14.8. The number of thiazole rings is 1. The first-order valence-electron chi connectivity index (χ1n) is 19.0. The van der Waals surface area contributed by atoms with Crippen molar-refractivity contribution in [2.75, 3.05) is 11.9 Å². The van der Waals surface area contributed by atoms with Crippen molar-refractivity contribution in [1.82, 2.24) is 29.9 Å². The van der Waals surface area contributed by atoms with Gasteiger partial charge in [-0.3, -0.25) is 19.1 Å². The number of amides is 3. The maximum Gasteiger partial charge on any atom is 0.259 e. The molecule has 4 heterocycles. The van der Waals surface area contributed by atoms with Crippen molar-refractivity contribution >= 4 is 61.3 Å². The number of aromatic nitrogens is 3. The Hall–Kier alpha value is -5.03. The highest BCUT2D eigenvalue weighted by Gasteiger charge is 2.67. The summed E-state index contributed by atoms with van der Waals surface area (Å²) in [6.45, 7) is 5.52. The van der Waals surface area contributed by atoms with Crippen LogP contribution < -0.4 is 20.1 Å². The van der Waals surface area contributed by atoms with Crippen LogP contribution in [0.3, 0.4) is 0 Å². The standard InChI is InChI=1S/C40H43F2N7O6S2/c1-39(2,3)32-36(51)49-20-25(18-30(49)34(50)47-40(19-27(40)33(41)42)37(52)48-57(53,54)26-15-16-26)55-35-31(44-28-13-6-7-14-29(28)45-35)23-11-8-10-22(17-23)9-4-5-12-24-21-56-38(43-24)46-32/h4,6-11,13-14,17,21,25-27,30,32-33H,5,12,15-16,18-20H2,1-3H3,(H,43,46)(H,47,50)(H,48,52)/t25?,27-,30-,32+,40+/m0/s1. The number of nitrogens with zero attached hydrogens (tertiary/aromatic N) is 4. The van der Waals surface area contributed by atoms with Crippen LogP contribution in [0, 0.1) is 11.3 Å². The van der Waals surface area contributed by atoms with Gasteiger partial charge in [0, 0.05) is 17.4 Å². The van der Waals surface area contributed by atoms with Crippen LogP contribution in [0.1, 0.15) is 64.1 Å². The number of carbonyl (C=O) groups is 3. The van der Waals surface area contributed by atoms with Gasteiger partial charge in [0.15, 0.2) is 5.13 Å². The third-order valence-corrected chi connectivity index (χ3v) is 13.5. The van der Waals surface area contributed by atoms with E-state index in [1.807, 2.05) is 79.4 Å². The Balaban J connectivity index is 1.18. The van der Waals surface area contributed by atoms with Crippen LogP contribution >= 0.6 is 11.3 Å². The average molecular weight is 820 g/mol. The van der Waals surface area contributed by atoms with E-state index in [0.717, 1.165) is 16.8 Å². The van der Waals surface area contributed by atoms with E-state index in [0.29, 0.717) is 47.5 Å². The Morgan fingerprint density at radius 2 is 1.82 bits per heavy atom. The summed E-state index contributed by atoms with van der Waals surface area (Å²) in [6, 6.07) is 12.9. The molecule has 3 N–H and O–H groups in total. The second kappa shape index (κ2) is 14.7. The molecule has 2 aromatic heterocycles. The second-order valence-electron chi connectivity index (χ2n) is 16.3. The predicted molar refractivity (Wildman–Crippen MR) is 211 cm³/mol. The fourth-order valence-electron chi connectivity index (χ4n) is 7.49. The van der Waals surface area contributed by atoms with Gasteiger partial charge in [-0.05, 0) is 61.3 Å². The van der Waals surface area contributed by atoms with Crippen molar-refractivity contribution < 1.29 is 36.3 Å². The molecular formula is C40H43F2N7O6S2. The Morgan fingerprint density at radius 1 is 1.07 bits per heavy atom. The lowest BCUT2D eigenvalue weighted by atomic mass is 9.85. The normalized spacial score (nSPS) is 25.1. The van der Waals surface area contributed by atoms with E-state index in [1.54, 1.807) is 6.07 Å². The number of sulfonamides is 1. The molecule has 5 atom stereocenters. The van der Waals surface area contributed by atoms with Gasteiger partial charge >= 0.3 is 0 Å². The number of para-hydroxylation sites is 2. The molecule has 17 heteroatoms. The minimum Gasteiger partial charge on any atom is -0.471 e. The lowest BCUT2D eigenvalue weighted by Gasteiger charge is -2.35. The highest BCUT2D eigenvalue weighted by atomic mass is 32.2. The summed E-state index contributed by atoms with van der Waals surface area (Å²) < 4.78 is 62.5. The van der Waals surface area contributed by atoms with Gasteiger partial charge in [0.1, 0.15) is 29.4 Å². The molecule has 57 heavy (non-hydrogen) atoms. The van der Waals surface area contributed by atoms with Crippen molar-refractivity contribution in [3.8, 4) is 17.1 Å². The predicted octanol–water partition coefficient (Wildman–Crippen LogP) is 5.34. The quantitative estimate of drug-likeness (QED) is 0.231. The minimum absolute atomic E-state index is 0.0933. The molecular weight excluding hydrogens is 777 g/mol. The number of ether oxygens (including phenoxy) is 1. The van der Waals surface area contributed by atoms with Crippen LogP contribution in [0.5, 0.6) is 5.88 Å². The number of hydrogen-bond acceptors (Lipinski definition) is 11. The molecule has 2 aliphatic heterocycles. The number of benzene rings is 2. The minimum atomic E-state index is -4.11. The van der Waals surface area contributed by atoms with E-state index < -0.39 is 80.9 Å². The van der Waals surface area contributed by atoms with E-state index >= 15 is 0 Å². The number of halogens is 2. The van der Waals surface area contributed by atoms with Crippen molar-refractivity contribution in [2.45, 2.75) is 94.7 Å². The van der Waals surface area contributed by atoms with Crippen LogP contribution in [0.4, 0.5) is 13.9 Å². The summed E-state index contributed by atoms with van der Waals surface area (Å²) in [6.07, 6.45) is 1.75. The zero-order chi connectivity index (χ0) is 40.3. The molecule has 2 aliphatic carbocycles. The van der Waals surface area contributed by atoms with E-state index in [9.17, 15) is 31.6 Å². The fraction of sp³-hybridized carbons (Fsp3) is 0.450. The Morgan fingerprint density at radius 3 is 2.53 bits per heavy atom. The van der Waals surface area contributed by atoms with Crippen molar-refractivity contribution in [1.29, 1.82) is 0 Å². The topological polar surface area (TPSA) is 173 Å². The van der Waals surface area contributed by atoms with E-state index in [2.05, 4.69) is 16.7 Å². The molecule has 0 spiro atoms. The molecule has 6 bridgehead atoms. The molecule has 3 fully saturated rings. The molecule has 8 rings (SSSR count). The molecule has 3 amide bonds. The summed E-state index contributed by atoms with van der Waals surface area (Å²) in [5.41, 5.74) is 1.25. The lowest BCUT2D eigenvalue weighted by molar-refractivity contribution is -0.141. The van der Waals surface area contributed by atoms with Crippen LogP contribution in [0.15, 0.2) is 60.0 Å². The highest BCUT2D eigenvalue weighted by Crippen LogP contribution is 2.48.